The Morgan fingerprint density at radius 3 is 2.72 bits per heavy atom. The van der Waals surface area contributed by atoms with Gasteiger partial charge in [0.2, 0.25) is 0 Å². The first-order valence-electron chi connectivity index (χ1n) is 8.09. The predicted octanol–water partition coefficient (Wildman–Crippen LogP) is 4.61. The third-order valence-electron chi connectivity index (χ3n) is 4.07. The molecule has 2 atom stereocenters. The number of rotatable bonds is 5. The molecule has 0 fully saturated rings. The van der Waals surface area contributed by atoms with E-state index in [1.165, 1.54) is 0 Å². The molecule has 1 aliphatic rings. The summed E-state index contributed by atoms with van der Waals surface area (Å²) in [5, 5.41) is 13.7. The molecule has 130 valence electrons. The van der Waals surface area contributed by atoms with Crippen molar-refractivity contribution in [3.8, 4) is 0 Å². The molecule has 0 radical (unpaired) electrons. The summed E-state index contributed by atoms with van der Waals surface area (Å²) in [7, 11) is 0. The largest absolute Gasteiger partial charge is 0.396 e. The molecule has 1 aromatic heterocycles. The number of hydrogen-bond acceptors (Lipinski definition) is 4. The summed E-state index contributed by atoms with van der Waals surface area (Å²) in [6.07, 6.45) is 8.66. The van der Waals surface area contributed by atoms with Gasteiger partial charge in [0.05, 0.1) is 5.56 Å². The second-order valence-corrected chi connectivity index (χ2v) is 6.76. The van der Waals surface area contributed by atoms with E-state index in [1.54, 1.807) is 6.92 Å². The van der Waals surface area contributed by atoms with Crippen LogP contribution in [0.5, 0.6) is 0 Å². The van der Waals surface area contributed by atoms with Crippen molar-refractivity contribution in [1.82, 2.24) is 9.97 Å². The van der Waals surface area contributed by atoms with Gasteiger partial charge in [-0.15, -0.1) is 0 Å². The van der Waals surface area contributed by atoms with Gasteiger partial charge in [-0.1, -0.05) is 59.6 Å². The van der Waals surface area contributed by atoms with Crippen LogP contribution in [0.2, 0.25) is 10.2 Å². The summed E-state index contributed by atoms with van der Waals surface area (Å²) in [5.74, 6) is 1.45. The fourth-order valence-corrected chi connectivity index (χ4v) is 3.25. The lowest BCUT2D eigenvalue weighted by atomic mass is 10.1. The Labute approximate surface area is 157 Å². The third-order valence-corrected chi connectivity index (χ3v) is 4.71. The number of aliphatic hydroxyl groups excluding tert-OH is 1. The SMILES string of the molecule is Cc1nc(Cl)c(/C=C/c2ccccc2Cl)c(N[C@H]2C=C[C@@H](CO)C2)n1. The lowest BCUT2D eigenvalue weighted by Crippen LogP contribution is -2.18. The minimum Gasteiger partial charge on any atom is -0.396 e. The molecule has 0 amide bonds. The predicted molar refractivity (Wildman–Crippen MR) is 104 cm³/mol. The van der Waals surface area contributed by atoms with Gasteiger partial charge in [0, 0.05) is 23.6 Å². The number of benzene rings is 1. The molecule has 2 aromatic rings. The maximum Gasteiger partial charge on any atom is 0.142 e. The molecule has 1 aromatic carbocycles. The summed E-state index contributed by atoms with van der Waals surface area (Å²) >= 11 is 12.5. The monoisotopic (exact) mass is 375 g/mol. The van der Waals surface area contributed by atoms with Gasteiger partial charge in [-0.2, -0.15) is 0 Å². The van der Waals surface area contributed by atoms with Gasteiger partial charge < -0.3 is 10.4 Å². The van der Waals surface area contributed by atoms with Gasteiger partial charge in [0.25, 0.3) is 0 Å². The molecular formula is C19H19Cl2N3O. The molecule has 1 heterocycles. The molecule has 6 heteroatoms. The summed E-state index contributed by atoms with van der Waals surface area (Å²) in [6, 6.07) is 7.69. The Morgan fingerprint density at radius 2 is 2.00 bits per heavy atom. The van der Waals surface area contributed by atoms with E-state index in [0.29, 0.717) is 27.4 Å². The zero-order chi connectivity index (χ0) is 17.8. The summed E-state index contributed by atoms with van der Waals surface area (Å²) in [6.45, 7) is 1.96. The second-order valence-electron chi connectivity index (χ2n) is 5.99. The number of hydrogen-bond donors (Lipinski definition) is 2. The molecule has 0 saturated heterocycles. The first kappa shape index (κ1) is 17.9. The van der Waals surface area contributed by atoms with Crippen molar-refractivity contribution in [3.05, 3.63) is 63.5 Å². The van der Waals surface area contributed by atoms with E-state index in [9.17, 15) is 5.11 Å². The van der Waals surface area contributed by atoms with Gasteiger partial charge in [-0.05, 0) is 31.1 Å². The molecule has 0 spiro atoms. The first-order chi connectivity index (χ1) is 12.1. The van der Waals surface area contributed by atoms with E-state index in [-0.39, 0.29) is 18.6 Å². The average Bonchev–Trinajstić information content (AvgIpc) is 3.03. The fraction of sp³-hybridized carbons (Fsp3) is 0.263. The van der Waals surface area contributed by atoms with Crippen LogP contribution in [0.1, 0.15) is 23.4 Å². The molecule has 25 heavy (non-hydrogen) atoms. The number of aromatic nitrogens is 2. The van der Waals surface area contributed by atoms with Crippen molar-refractivity contribution in [2.45, 2.75) is 19.4 Å². The van der Waals surface area contributed by atoms with Crippen LogP contribution in [0.15, 0.2) is 36.4 Å². The maximum atomic E-state index is 9.28. The van der Waals surface area contributed by atoms with Crippen molar-refractivity contribution in [3.63, 3.8) is 0 Å². The van der Waals surface area contributed by atoms with E-state index in [0.717, 1.165) is 12.0 Å². The summed E-state index contributed by atoms with van der Waals surface area (Å²) in [5.41, 5.74) is 1.61. The van der Waals surface area contributed by atoms with Crippen molar-refractivity contribution >= 4 is 41.2 Å². The summed E-state index contributed by atoms with van der Waals surface area (Å²) < 4.78 is 0. The minimum atomic E-state index is 0.106. The number of halogens is 2. The minimum absolute atomic E-state index is 0.106. The zero-order valence-corrected chi connectivity index (χ0v) is 15.3. The van der Waals surface area contributed by atoms with Crippen molar-refractivity contribution < 1.29 is 5.11 Å². The lowest BCUT2D eigenvalue weighted by Gasteiger charge is -2.16. The number of aliphatic hydroxyl groups is 1. The molecule has 4 nitrogen and oxygen atoms in total. The Bertz CT molecular complexity index is 820. The Morgan fingerprint density at radius 1 is 1.20 bits per heavy atom. The number of nitrogens with zero attached hydrogens (tertiary/aromatic N) is 2. The van der Waals surface area contributed by atoms with Crippen LogP contribution in [0.25, 0.3) is 12.2 Å². The number of aryl methyl sites for hydroxylation is 1. The van der Waals surface area contributed by atoms with Crippen LogP contribution in [0.4, 0.5) is 5.82 Å². The summed E-state index contributed by atoms with van der Waals surface area (Å²) in [4.78, 5) is 8.74. The highest BCUT2D eigenvalue weighted by Crippen LogP contribution is 2.28. The van der Waals surface area contributed by atoms with Crippen molar-refractivity contribution in [2.75, 3.05) is 11.9 Å². The Balaban J connectivity index is 1.88. The maximum absolute atomic E-state index is 9.28. The highest BCUT2D eigenvalue weighted by Gasteiger charge is 2.20. The molecule has 0 saturated carbocycles. The fourth-order valence-electron chi connectivity index (χ4n) is 2.78. The standard InChI is InChI=1S/C19H19Cl2N3O/c1-12-22-18(21)16(9-7-14-4-2-3-5-17(14)20)19(23-12)24-15-8-6-13(10-15)11-25/h2-9,13,15,25H,10-11H2,1H3,(H,22,23,24)/b9-7+/t13-,15+/m1/s1. The molecule has 2 N–H and O–H groups in total. The molecule has 0 bridgehead atoms. The van der Waals surface area contributed by atoms with Gasteiger partial charge in [-0.3, -0.25) is 0 Å². The normalized spacial score (nSPS) is 19.7. The molecule has 0 unspecified atom stereocenters. The second kappa shape index (κ2) is 8.00. The van der Waals surface area contributed by atoms with E-state index >= 15 is 0 Å². The highest BCUT2D eigenvalue weighted by atomic mass is 35.5. The third kappa shape index (κ3) is 4.40. The molecule has 3 rings (SSSR count). The topological polar surface area (TPSA) is 58.0 Å². The molecule has 0 aliphatic heterocycles. The molecule has 1 aliphatic carbocycles. The van der Waals surface area contributed by atoms with E-state index < -0.39 is 0 Å². The number of nitrogens with one attached hydrogen (secondary N) is 1. The van der Waals surface area contributed by atoms with Crippen LogP contribution in [-0.2, 0) is 0 Å². The van der Waals surface area contributed by atoms with Gasteiger partial charge in [0.15, 0.2) is 0 Å². The van der Waals surface area contributed by atoms with E-state index in [1.807, 2.05) is 48.6 Å². The molecular weight excluding hydrogens is 357 g/mol. The smallest absolute Gasteiger partial charge is 0.142 e. The Kier molecular flexibility index (Phi) is 5.74. The van der Waals surface area contributed by atoms with Crippen molar-refractivity contribution in [2.24, 2.45) is 5.92 Å². The van der Waals surface area contributed by atoms with E-state index in [2.05, 4.69) is 15.3 Å². The first-order valence-corrected chi connectivity index (χ1v) is 8.85. The van der Waals surface area contributed by atoms with Crippen LogP contribution in [0, 0.1) is 12.8 Å². The van der Waals surface area contributed by atoms with Gasteiger partial charge >= 0.3 is 0 Å². The van der Waals surface area contributed by atoms with Crippen LogP contribution >= 0.6 is 23.2 Å². The van der Waals surface area contributed by atoms with Crippen LogP contribution in [-0.4, -0.2) is 27.7 Å². The van der Waals surface area contributed by atoms with Gasteiger partial charge in [-0.25, -0.2) is 9.97 Å². The van der Waals surface area contributed by atoms with E-state index in [4.69, 9.17) is 23.2 Å². The zero-order valence-electron chi connectivity index (χ0n) is 13.8. The van der Waals surface area contributed by atoms with Gasteiger partial charge in [0.1, 0.15) is 16.8 Å². The van der Waals surface area contributed by atoms with Crippen LogP contribution in [0.3, 0.4) is 0 Å². The highest BCUT2D eigenvalue weighted by molar-refractivity contribution is 6.32. The quantitative estimate of drug-likeness (QED) is 0.591. The van der Waals surface area contributed by atoms with Crippen LogP contribution < -0.4 is 5.32 Å². The lowest BCUT2D eigenvalue weighted by molar-refractivity contribution is 0.250. The Hall–Kier alpha value is -1.88. The van der Waals surface area contributed by atoms with Crippen molar-refractivity contribution in [1.29, 1.82) is 0 Å². The average molecular weight is 376 g/mol. The number of anilines is 1.